The Hall–Kier alpha value is -3.55. The summed E-state index contributed by atoms with van der Waals surface area (Å²) >= 11 is 12.1. The molecule has 7 nitrogen and oxygen atoms in total. The van der Waals surface area contributed by atoms with Crippen LogP contribution in [0.1, 0.15) is 30.9 Å². The van der Waals surface area contributed by atoms with Crippen molar-refractivity contribution in [2.45, 2.75) is 26.4 Å². The summed E-state index contributed by atoms with van der Waals surface area (Å²) in [6.45, 7) is 2.79. The highest BCUT2D eigenvalue weighted by Gasteiger charge is 2.07. The molecule has 0 aliphatic carbocycles. The van der Waals surface area contributed by atoms with Crippen molar-refractivity contribution in [2.75, 3.05) is 11.9 Å². The van der Waals surface area contributed by atoms with Gasteiger partial charge in [0.25, 0.3) is 0 Å². The van der Waals surface area contributed by atoms with E-state index in [-0.39, 0.29) is 24.7 Å². The summed E-state index contributed by atoms with van der Waals surface area (Å²) in [5, 5.41) is 7.79. The van der Waals surface area contributed by atoms with Gasteiger partial charge in [0.15, 0.2) is 0 Å². The summed E-state index contributed by atoms with van der Waals surface area (Å²) in [6, 6.07) is 19.5. The molecule has 2 N–H and O–H groups in total. The van der Waals surface area contributed by atoms with E-state index in [0.717, 1.165) is 16.9 Å². The van der Waals surface area contributed by atoms with Crippen molar-refractivity contribution < 1.29 is 19.1 Å². The summed E-state index contributed by atoms with van der Waals surface area (Å²) in [5.74, 6) is 0.773. The third kappa shape index (κ3) is 8.96. The van der Waals surface area contributed by atoms with Gasteiger partial charge in [0, 0.05) is 34.1 Å². The highest BCUT2D eigenvalue weighted by atomic mass is 35.5. The second-order valence-electron chi connectivity index (χ2n) is 7.39. The Kier molecular flexibility index (Phi) is 9.95. The van der Waals surface area contributed by atoms with Crippen LogP contribution in [0.2, 0.25) is 10.0 Å². The van der Waals surface area contributed by atoms with Crippen molar-refractivity contribution in [1.82, 2.24) is 5.43 Å². The number of rotatable bonds is 11. The maximum absolute atomic E-state index is 12.0. The number of nitrogens with zero attached hydrogens (tertiary/aromatic N) is 1. The van der Waals surface area contributed by atoms with Gasteiger partial charge in [0.1, 0.15) is 18.1 Å². The van der Waals surface area contributed by atoms with Crippen molar-refractivity contribution >= 4 is 46.9 Å². The molecule has 9 heteroatoms. The van der Waals surface area contributed by atoms with E-state index in [1.165, 1.54) is 6.21 Å². The van der Waals surface area contributed by atoms with E-state index in [1.807, 2.05) is 13.0 Å². The second-order valence-corrected chi connectivity index (χ2v) is 8.24. The van der Waals surface area contributed by atoms with Crippen LogP contribution in [0.4, 0.5) is 5.69 Å². The molecule has 0 spiro atoms. The van der Waals surface area contributed by atoms with Gasteiger partial charge in [0.2, 0.25) is 11.8 Å². The Bertz CT molecular complexity index is 1170. The number of halogens is 2. The number of hydrazone groups is 1. The topological polar surface area (TPSA) is 89.0 Å². The van der Waals surface area contributed by atoms with Gasteiger partial charge in [-0.05, 0) is 73.2 Å². The predicted molar refractivity (Wildman–Crippen MR) is 138 cm³/mol. The first-order chi connectivity index (χ1) is 16.9. The van der Waals surface area contributed by atoms with Gasteiger partial charge in [-0.25, -0.2) is 5.43 Å². The van der Waals surface area contributed by atoms with Gasteiger partial charge >= 0.3 is 0 Å². The Balaban J connectivity index is 1.37. The molecule has 3 aromatic rings. The lowest BCUT2D eigenvalue weighted by molar-refractivity contribution is -0.124. The summed E-state index contributed by atoms with van der Waals surface area (Å²) in [6.07, 6.45) is 1.57. The van der Waals surface area contributed by atoms with E-state index in [1.54, 1.807) is 60.7 Å². The highest BCUT2D eigenvalue weighted by molar-refractivity contribution is 6.35. The SMILES string of the molecule is CCOc1ccc(NC(=O)CCC(=O)NN=Cc2ccc(OCc3ccc(Cl)cc3Cl)cc2)cc1. The molecule has 0 radical (unpaired) electrons. The lowest BCUT2D eigenvalue weighted by Crippen LogP contribution is -2.20. The van der Waals surface area contributed by atoms with Crippen LogP contribution in [0.3, 0.4) is 0 Å². The number of carbonyl (C=O) groups is 2. The second kappa shape index (κ2) is 13.4. The minimum absolute atomic E-state index is 0.0141. The standard InChI is InChI=1S/C26H25Cl2N3O4/c1-2-34-22-11-7-21(8-12-22)30-25(32)13-14-26(33)31-29-16-18-3-9-23(10-4-18)35-17-19-5-6-20(27)15-24(19)28/h3-12,15-16H,2,13-14,17H2,1H3,(H,30,32)(H,31,33). The molecular weight excluding hydrogens is 489 g/mol. The van der Waals surface area contributed by atoms with Gasteiger partial charge in [-0.15, -0.1) is 0 Å². The van der Waals surface area contributed by atoms with Crippen LogP contribution in [-0.4, -0.2) is 24.6 Å². The van der Waals surface area contributed by atoms with Crippen molar-refractivity contribution in [2.24, 2.45) is 5.10 Å². The van der Waals surface area contributed by atoms with E-state index in [9.17, 15) is 9.59 Å². The van der Waals surface area contributed by atoms with Crippen LogP contribution in [0, 0.1) is 0 Å². The largest absolute Gasteiger partial charge is 0.494 e. The number of nitrogens with one attached hydrogen (secondary N) is 2. The Labute approximate surface area is 214 Å². The number of carbonyl (C=O) groups excluding carboxylic acids is 2. The normalized spacial score (nSPS) is 10.7. The lowest BCUT2D eigenvalue weighted by atomic mass is 10.2. The first-order valence-corrected chi connectivity index (χ1v) is 11.7. The van der Waals surface area contributed by atoms with E-state index < -0.39 is 0 Å². The molecule has 0 heterocycles. The van der Waals surface area contributed by atoms with Gasteiger partial charge in [-0.2, -0.15) is 5.10 Å². The van der Waals surface area contributed by atoms with E-state index >= 15 is 0 Å². The molecule has 0 fully saturated rings. The van der Waals surface area contributed by atoms with Crippen LogP contribution in [0.5, 0.6) is 11.5 Å². The molecule has 0 aromatic heterocycles. The number of benzene rings is 3. The number of hydrogen-bond donors (Lipinski definition) is 2. The highest BCUT2D eigenvalue weighted by Crippen LogP contribution is 2.23. The fourth-order valence-corrected chi connectivity index (χ4v) is 3.40. The number of amides is 2. The molecule has 3 rings (SSSR count). The predicted octanol–water partition coefficient (Wildman–Crippen LogP) is 5.84. The number of ether oxygens (including phenoxy) is 2. The van der Waals surface area contributed by atoms with Gasteiger partial charge in [0.05, 0.1) is 12.8 Å². The molecule has 0 saturated heterocycles. The zero-order valence-corrected chi connectivity index (χ0v) is 20.6. The Morgan fingerprint density at radius 3 is 2.23 bits per heavy atom. The molecule has 182 valence electrons. The molecule has 0 bridgehead atoms. The molecule has 3 aromatic carbocycles. The van der Waals surface area contributed by atoms with E-state index in [2.05, 4.69) is 15.8 Å². The maximum Gasteiger partial charge on any atom is 0.240 e. The summed E-state index contributed by atoms with van der Waals surface area (Å²) in [7, 11) is 0. The molecule has 35 heavy (non-hydrogen) atoms. The van der Waals surface area contributed by atoms with Crippen LogP contribution in [-0.2, 0) is 16.2 Å². The molecule has 2 amide bonds. The minimum atomic E-state index is -0.358. The monoisotopic (exact) mass is 513 g/mol. The molecule has 0 unspecified atom stereocenters. The van der Waals surface area contributed by atoms with E-state index in [0.29, 0.717) is 34.7 Å². The average molecular weight is 514 g/mol. The Morgan fingerprint density at radius 2 is 1.54 bits per heavy atom. The quantitative estimate of drug-likeness (QED) is 0.249. The van der Waals surface area contributed by atoms with Crippen molar-refractivity contribution in [3.8, 4) is 11.5 Å². The molecule has 0 saturated carbocycles. The zero-order valence-electron chi connectivity index (χ0n) is 19.1. The third-order valence-corrected chi connectivity index (χ3v) is 5.31. The summed E-state index contributed by atoms with van der Waals surface area (Å²) in [5.41, 5.74) is 4.67. The summed E-state index contributed by atoms with van der Waals surface area (Å²) in [4.78, 5) is 24.0. The fourth-order valence-electron chi connectivity index (χ4n) is 2.94. The van der Waals surface area contributed by atoms with Crippen LogP contribution < -0.4 is 20.2 Å². The van der Waals surface area contributed by atoms with Gasteiger partial charge in [-0.3, -0.25) is 9.59 Å². The van der Waals surface area contributed by atoms with Crippen molar-refractivity contribution in [3.05, 3.63) is 87.9 Å². The smallest absolute Gasteiger partial charge is 0.240 e. The Morgan fingerprint density at radius 1 is 0.886 bits per heavy atom. The fraction of sp³-hybridized carbons (Fsp3) is 0.192. The van der Waals surface area contributed by atoms with Crippen LogP contribution in [0.15, 0.2) is 71.8 Å². The van der Waals surface area contributed by atoms with E-state index in [4.69, 9.17) is 32.7 Å². The first kappa shape index (κ1) is 26.1. The number of anilines is 1. The van der Waals surface area contributed by atoms with Crippen molar-refractivity contribution in [3.63, 3.8) is 0 Å². The molecule has 0 aliphatic heterocycles. The lowest BCUT2D eigenvalue weighted by Gasteiger charge is -2.08. The average Bonchev–Trinajstić information content (AvgIpc) is 2.84. The van der Waals surface area contributed by atoms with Gasteiger partial charge < -0.3 is 14.8 Å². The maximum atomic E-state index is 12.0. The molecule has 0 aliphatic rings. The number of hydrogen-bond acceptors (Lipinski definition) is 5. The molecular formula is C26H25Cl2N3O4. The van der Waals surface area contributed by atoms with Gasteiger partial charge in [-0.1, -0.05) is 29.3 Å². The van der Waals surface area contributed by atoms with Crippen molar-refractivity contribution in [1.29, 1.82) is 0 Å². The summed E-state index contributed by atoms with van der Waals surface area (Å²) < 4.78 is 11.1. The molecule has 0 atom stereocenters. The van der Waals surface area contributed by atoms with Crippen LogP contribution in [0.25, 0.3) is 0 Å². The third-order valence-electron chi connectivity index (χ3n) is 4.72. The zero-order chi connectivity index (χ0) is 25.0. The first-order valence-electron chi connectivity index (χ1n) is 10.9. The van der Waals surface area contributed by atoms with Crippen LogP contribution >= 0.6 is 23.2 Å². The minimum Gasteiger partial charge on any atom is -0.494 e.